The minimum atomic E-state index is -4.75. The number of hydrogen-bond acceptors (Lipinski definition) is 6. The molecule has 8 nitrogen and oxygen atoms in total. The summed E-state index contributed by atoms with van der Waals surface area (Å²) in [5.41, 5.74) is -0.0773. The van der Waals surface area contributed by atoms with E-state index in [0.29, 0.717) is 10.1 Å². The van der Waals surface area contributed by atoms with E-state index in [1.165, 1.54) is 37.3 Å². The van der Waals surface area contributed by atoms with Gasteiger partial charge in [-0.2, -0.15) is 17.7 Å². The second-order valence-electron chi connectivity index (χ2n) is 4.74. The van der Waals surface area contributed by atoms with Gasteiger partial charge in [0.15, 0.2) is 5.65 Å². The Morgan fingerprint density at radius 1 is 1.21 bits per heavy atom. The Kier molecular flexibility index (Phi) is 3.55. The molecule has 0 fully saturated rings. The average molecular weight is 339 g/mol. The highest BCUT2D eigenvalue weighted by Gasteiger charge is 2.37. The first-order valence-electron chi connectivity index (χ1n) is 6.49. The fourth-order valence-electron chi connectivity index (χ4n) is 2.06. The summed E-state index contributed by atoms with van der Waals surface area (Å²) in [7, 11) is 0. The molecule has 0 spiro atoms. The van der Waals surface area contributed by atoms with E-state index in [1.54, 1.807) is 0 Å². The summed E-state index contributed by atoms with van der Waals surface area (Å²) in [6, 6.07) is 6.83. The predicted octanol–water partition coefficient (Wildman–Crippen LogP) is 3.15. The van der Waals surface area contributed by atoms with Crippen molar-refractivity contribution in [1.82, 2.24) is 19.8 Å². The van der Waals surface area contributed by atoms with E-state index in [2.05, 4.69) is 15.3 Å². The van der Waals surface area contributed by atoms with Crippen molar-refractivity contribution in [3.63, 3.8) is 0 Å². The lowest BCUT2D eigenvalue weighted by Crippen LogP contribution is -2.12. The molecule has 0 amide bonds. The minimum absolute atomic E-state index is 0.131. The van der Waals surface area contributed by atoms with Gasteiger partial charge in [0, 0.05) is 11.6 Å². The van der Waals surface area contributed by atoms with Crippen LogP contribution in [0.3, 0.4) is 0 Å². The maximum absolute atomic E-state index is 12.8. The monoisotopic (exact) mass is 339 g/mol. The maximum Gasteiger partial charge on any atom is 0.453 e. The third-order valence-electron chi connectivity index (χ3n) is 3.09. The van der Waals surface area contributed by atoms with Crippen molar-refractivity contribution in [2.75, 3.05) is 0 Å². The topological polar surface area (TPSA) is 95.5 Å². The number of rotatable bonds is 3. The number of ether oxygens (including phenoxy) is 1. The first kappa shape index (κ1) is 15.6. The Morgan fingerprint density at radius 2 is 1.96 bits per heavy atom. The Morgan fingerprint density at radius 3 is 2.62 bits per heavy atom. The molecule has 24 heavy (non-hydrogen) atoms. The predicted molar refractivity (Wildman–Crippen MR) is 73.7 cm³/mol. The van der Waals surface area contributed by atoms with Gasteiger partial charge in [-0.3, -0.25) is 10.1 Å². The van der Waals surface area contributed by atoms with Gasteiger partial charge in [-0.1, -0.05) is 12.1 Å². The van der Waals surface area contributed by atoms with Gasteiger partial charge >= 0.3 is 11.9 Å². The van der Waals surface area contributed by atoms with E-state index in [0.717, 1.165) is 0 Å². The Labute approximate surface area is 131 Å². The number of aryl methyl sites for hydroxylation is 1. The van der Waals surface area contributed by atoms with E-state index in [9.17, 15) is 23.3 Å². The van der Waals surface area contributed by atoms with Crippen molar-refractivity contribution in [2.45, 2.75) is 13.1 Å². The number of nitro groups is 1. The molecule has 2 aromatic heterocycles. The molecule has 0 aliphatic heterocycles. The molecule has 0 atom stereocenters. The molecule has 0 aliphatic rings. The molecular weight excluding hydrogens is 331 g/mol. The molecule has 2 heterocycles. The molecule has 0 saturated heterocycles. The largest absolute Gasteiger partial charge is 0.453 e. The lowest BCUT2D eigenvalue weighted by Gasteiger charge is -2.08. The summed E-state index contributed by atoms with van der Waals surface area (Å²) in [5, 5.41) is 21.2. The number of halogens is 3. The van der Waals surface area contributed by atoms with Gasteiger partial charge in [-0.05, 0) is 19.1 Å². The van der Waals surface area contributed by atoms with Crippen molar-refractivity contribution in [3.8, 4) is 11.6 Å². The molecule has 0 N–H and O–H groups in total. The minimum Gasteiger partial charge on any atom is -0.430 e. The molecular formula is C13H8F3N5O3. The zero-order valence-electron chi connectivity index (χ0n) is 12.0. The van der Waals surface area contributed by atoms with E-state index in [1.807, 2.05) is 0 Å². The third kappa shape index (κ3) is 2.71. The number of alkyl halides is 3. The van der Waals surface area contributed by atoms with Crippen LogP contribution >= 0.6 is 0 Å². The molecule has 3 aromatic rings. The third-order valence-corrected chi connectivity index (χ3v) is 3.09. The maximum atomic E-state index is 12.8. The van der Waals surface area contributed by atoms with Gasteiger partial charge in [0.2, 0.25) is 11.6 Å². The standard InChI is InChI=1S/C13H8F3N5O3/c1-7-3-2-4-8(11(7)21(22)23)24-10-6-5-9-17-18-12(13(14,15)16)20(9)19-10/h2-6H,1H3. The Bertz CT molecular complexity index is 938. The number of nitro benzene ring substituents is 1. The molecule has 0 aliphatic carbocycles. The van der Waals surface area contributed by atoms with Crippen LogP contribution in [-0.4, -0.2) is 24.7 Å². The lowest BCUT2D eigenvalue weighted by atomic mass is 10.2. The van der Waals surface area contributed by atoms with Crippen LogP contribution in [0.1, 0.15) is 11.4 Å². The summed E-state index contributed by atoms with van der Waals surface area (Å²) in [6.07, 6.45) is -4.75. The van der Waals surface area contributed by atoms with Crippen LogP contribution in [0.5, 0.6) is 11.6 Å². The van der Waals surface area contributed by atoms with Gasteiger partial charge in [0.05, 0.1) is 4.92 Å². The second-order valence-corrected chi connectivity index (χ2v) is 4.74. The molecule has 11 heteroatoms. The van der Waals surface area contributed by atoms with Gasteiger partial charge < -0.3 is 4.74 Å². The first-order valence-corrected chi connectivity index (χ1v) is 6.49. The lowest BCUT2D eigenvalue weighted by molar-refractivity contribution is -0.386. The normalized spacial score (nSPS) is 11.7. The molecule has 0 unspecified atom stereocenters. The first-order chi connectivity index (χ1) is 11.3. The van der Waals surface area contributed by atoms with Gasteiger partial charge in [-0.25, -0.2) is 0 Å². The van der Waals surface area contributed by atoms with Crippen LogP contribution in [-0.2, 0) is 6.18 Å². The Balaban J connectivity index is 2.06. The zero-order valence-corrected chi connectivity index (χ0v) is 12.0. The Hall–Kier alpha value is -3.24. The van der Waals surface area contributed by atoms with Crippen molar-refractivity contribution in [1.29, 1.82) is 0 Å². The summed E-state index contributed by atoms with van der Waals surface area (Å²) < 4.78 is 44.3. The number of hydrogen-bond donors (Lipinski definition) is 0. The fraction of sp³-hybridized carbons (Fsp3) is 0.154. The molecule has 0 radical (unpaired) electrons. The van der Waals surface area contributed by atoms with Crippen molar-refractivity contribution < 1.29 is 22.8 Å². The molecule has 124 valence electrons. The number of fused-ring (bicyclic) bond motifs is 1. The number of aromatic nitrogens is 4. The summed E-state index contributed by atoms with van der Waals surface area (Å²) in [4.78, 5) is 10.5. The van der Waals surface area contributed by atoms with Crippen LogP contribution in [0.2, 0.25) is 0 Å². The average Bonchev–Trinajstić information content (AvgIpc) is 2.90. The van der Waals surface area contributed by atoms with Gasteiger partial charge in [0.25, 0.3) is 5.82 Å². The van der Waals surface area contributed by atoms with Crippen molar-refractivity contribution >= 4 is 11.3 Å². The van der Waals surface area contributed by atoms with Crippen molar-refractivity contribution in [3.05, 3.63) is 51.8 Å². The van der Waals surface area contributed by atoms with Crippen LogP contribution in [0.25, 0.3) is 5.65 Å². The SMILES string of the molecule is Cc1cccc(Oc2ccc3nnc(C(F)(F)F)n3n2)c1[N+](=O)[O-]. The molecule has 1 aromatic carbocycles. The van der Waals surface area contributed by atoms with E-state index >= 15 is 0 Å². The highest BCUT2D eigenvalue weighted by atomic mass is 19.4. The zero-order chi connectivity index (χ0) is 17.5. The summed E-state index contributed by atoms with van der Waals surface area (Å²) >= 11 is 0. The highest BCUT2D eigenvalue weighted by molar-refractivity contribution is 5.53. The van der Waals surface area contributed by atoms with Crippen LogP contribution in [0, 0.1) is 17.0 Å². The van der Waals surface area contributed by atoms with Crippen LogP contribution in [0.4, 0.5) is 18.9 Å². The quantitative estimate of drug-likeness (QED) is 0.537. The second kappa shape index (κ2) is 5.44. The smallest absolute Gasteiger partial charge is 0.430 e. The molecule has 3 rings (SSSR count). The van der Waals surface area contributed by atoms with Gasteiger partial charge in [-0.15, -0.1) is 15.3 Å². The van der Waals surface area contributed by atoms with Crippen LogP contribution < -0.4 is 4.74 Å². The molecule has 0 bridgehead atoms. The summed E-state index contributed by atoms with van der Waals surface area (Å²) in [5.74, 6) is -1.71. The highest BCUT2D eigenvalue weighted by Crippen LogP contribution is 2.33. The number of para-hydroxylation sites is 1. The van der Waals surface area contributed by atoms with Crippen LogP contribution in [0.15, 0.2) is 30.3 Å². The van der Waals surface area contributed by atoms with E-state index in [4.69, 9.17) is 4.74 Å². The van der Waals surface area contributed by atoms with E-state index in [-0.39, 0.29) is 23.0 Å². The fourth-order valence-corrected chi connectivity index (χ4v) is 2.06. The molecule has 0 saturated carbocycles. The van der Waals surface area contributed by atoms with E-state index < -0.39 is 16.9 Å². The summed E-state index contributed by atoms with van der Waals surface area (Å²) in [6.45, 7) is 1.52. The van der Waals surface area contributed by atoms with Crippen molar-refractivity contribution in [2.24, 2.45) is 0 Å². The van der Waals surface area contributed by atoms with Gasteiger partial charge in [0.1, 0.15) is 0 Å². The number of benzene rings is 1. The number of nitrogens with zero attached hydrogens (tertiary/aromatic N) is 5.